The zero-order chi connectivity index (χ0) is 39.9. The Hall–Kier alpha value is -1.35. The minimum atomic E-state index is -0.00779. The number of hydrogen-bond donors (Lipinski definition) is 0. The van der Waals surface area contributed by atoms with Crippen LogP contribution in [0.4, 0.5) is 0 Å². The van der Waals surface area contributed by atoms with E-state index in [1.54, 1.807) is 0 Å². The molecule has 0 spiro atoms. The molecule has 5 rings (SSSR count). The van der Waals surface area contributed by atoms with E-state index >= 15 is 0 Å². The molecule has 284 valence electrons. The molecule has 53 heavy (non-hydrogen) atoms. The molecule has 2 heterocycles. The highest BCUT2D eigenvalue weighted by Gasteiger charge is 2.32. The van der Waals surface area contributed by atoms with Crippen molar-refractivity contribution in [2.75, 3.05) is 0 Å². The molecule has 3 aromatic carbocycles. The van der Waals surface area contributed by atoms with Gasteiger partial charge in [0, 0.05) is 41.4 Å². The van der Waals surface area contributed by atoms with Crippen LogP contribution < -0.4 is 10.6 Å². The molecule has 0 saturated carbocycles. The van der Waals surface area contributed by atoms with Gasteiger partial charge in [-0.1, -0.05) is 171 Å². The van der Waals surface area contributed by atoms with Crippen LogP contribution in [0, 0.1) is 12.8 Å². The molecular weight excluding hydrogens is 830 g/mol. The number of hydrogen-bond acceptors (Lipinski definition) is 2. The molecule has 0 radical (unpaired) electrons. The summed E-state index contributed by atoms with van der Waals surface area (Å²) in [6.45, 7) is 43.1. The summed E-state index contributed by atoms with van der Waals surface area (Å²) in [5, 5.41) is 5.23. The van der Waals surface area contributed by atoms with Gasteiger partial charge in [-0.2, -0.15) is 0 Å². The Balaban J connectivity index is 2.09. The Kier molecular flexibility index (Phi) is 11.7. The smallest absolute Gasteiger partial charge is 0.0660 e. The van der Waals surface area contributed by atoms with Crippen LogP contribution >= 0.6 is 61.7 Å². The van der Waals surface area contributed by atoms with Crippen molar-refractivity contribution < 1.29 is 0 Å². The van der Waals surface area contributed by atoms with Crippen molar-refractivity contribution >= 4 is 72.3 Å². The van der Waals surface area contributed by atoms with E-state index in [2.05, 4.69) is 201 Å². The number of benzene rings is 2. The molecule has 5 aromatic rings. The molecular formula is C48H63IP2S2. The van der Waals surface area contributed by atoms with Crippen molar-refractivity contribution in [3.8, 4) is 20.9 Å². The van der Waals surface area contributed by atoms with E-state index in [1.165, 1.54) is 94.0 Å². The highest BCUT2D eigenvalue weighted by atomic mass is 127. The molecule has 0 aliphatic rings. The molecule has 5 heteroatoms. The molecule has 0 saturated heterocycles. The van der Waals surface area contributed by atoms with Gasteiger partial charge in [0.25, 0.3) is 0 Å². The van der Waals surface area contributed by atoms with Gasteiger partial charge in [-0.05, 0) is 112 Å². The molecule has 0 bridgehead atoms. The summed E-state index contributed by atoms with van der Waals surface area (Å²) in [5.74, 6) is 0. The molecule has 0 aliphatic carbocycles. The summed E-state index contributed by atoms with van der Waals surface area (Å²) >= 11 is 6.32. The molecule has 0 aliphatic heterocycles. The second-order valence-corrected chi connectivity index (χ2v) is 27.3. The van der Waals surface area contributed by atoms with Crippen molar-refractivity contribution in [1.29, 1.82) is 0 Å². The van der Waals surface area contributed by atoms with Crippen molar-refractivity contribution in [2.24, 2.45) is 0 Å². The molecule has 0 unspecified atom stereocenters. The lowest BCUT2D eigenvalue weighted by molar-refractivity contribution is 0.553. The Labute approximate surface area is 347 Å². The van der Waals surface area contributed by atoms with Crippen molar-refractivity contribution in [3.05, 3.63) is 100 Å². The topological polar surface area (TPSA) is 0 Å². The lowest BCUT2D eigenvalue weighted by atomic mass is 9.75. The molecule has 0 N–H and O–H groups in total. The Morgan fingerprint density at radius 3 is 1.08 bits per heavy atom. The molecule has 0 atom stereocenters. The van der Waals surface area contributed by atoms with E-state index in [0.29, 0.717) is 0 Å². The van der Waals surface area contributed by atoms with Gasteiger partial charge in [-0.3, -0.25) is 0 Å². The van der Waals surface area contributed by atoms with Crippen LogP contribution in [0.5, 0.6) is 0 Å². The van der Waals surface area contributed by atoms with Gasteiger partial charge in [0.1, 0.15) is 0 Å². The predicted octanol–water partition coefficient (Wildman–Crippen LogP) is 16.0. The maximum Gasteiger partial charge on any atom is 0.0660 e. The van der Waals surface area contributed by atoms with Gasteiger partial charge in [0.2, 0.25) is 0 Å². The quantitative estimate of drug-likeness (QED) is 0.125. The number of rotatable bonds is 4. The maximum absolute atomic E-state index is 2.55. The van der Waals surface area contributed by atoms with Gasteiger partial charge >= 0.3 is 0 Å². The summed E-state index contributed by atoms with van der Waals surface area (Å²) in [6.07, 6.45) is 0. The second kappa shape index (κ2) is 14.5. The highest BCUT2D eigenvalue weighted by molar-refractivity contribution is 14.1. The summed E-state index contributed by atoms with van der Waals surface area (Å²) < 4.78 is 1.33. The Morgan fingerprint density at radius 2 is 0.811 bits per heavy atom. The van der Waals surface area contributed by atoms with Crippen molar-refractivity contribution in [2.45, 2.75) is 157 Å². The number of halogens is 1. The van der Waals surface area contributed by atoms with Gasteiger partial charge in [-0.25, -0.2) is 0 Å². The van der Waals surface area contributed by atoms with Gasteiger partial charge in [0.15, 0.2) is 0 Å². The normalized spacial score (nSPS) is 14.5. The largest absolute Gasteiger partial charge is 0.144 e. The first-order valence-corrected chi connectivity index (χ1v) is 23.7. The minimum absolute atomic E-state index is 0.00707. The Morgan fingerprint density at radius 1 is 0.453 bits per heavy atom. The van der Waals surface area contributed by atoms with E-state index in [4.69, 9.17) is 0 Å². The standard InChI is InChI=1S/C48H63IP2S2/c1-43(2,3)28-24-30(45(7,8)9)39(31(25-28)46(10,11)12)50-41-37(34-20-19-23-52-34)38(35-21-22-36(49)53-35)42(41)51-40-32(47(13,14)15)26-29(44(4,5)6)27-33(40)48(16,17)18/h19-27H,1-18H3. The van der Waals surface area contributed by atoms with E-state index in [9.17, 15) is 0 Å². The summed E-state index contributed by atoms with van der Waals surface area (Å²) in [6, 6.07) is 19.4. The fourth-order valence-electron chi connectivity index (χ4n) is 6.86. The summed E-state index contributed by atoms with van der Waals surface area (Å²) in [7, 11) is 2.61. The minimum Gasteiger partial charge on any atom is -0.144 e. The van der Waals surface area contributed by atoms with Crippen LogP contribution in [0.2, 0.25) is 0 Å². The number of thiophene rings is 2. The average molecular weight is 893 g/mol. The third-order valence-corrected chi connectivity index (χ3v) is 15.9. The van der Waals surface area contributed by atoms with Gasteiger partial charge in [-0.15, -0.1) is 22.7 Å². The van der Waals surface area contributed by atoms with Crippen LogP contribution in [-0.2, 0) is 32.5 Å². The first-order chi connectivity index (χ1) is 24.0. The maximum atomic E-state index is 2.55. The van der Waals surface area contributed by atoms with Crippen LogP contribution in [0.1, 0.15) is 158 Å². The van der Waals surface area contributed by atoms with Crippen LogP contribution in [0.15, 0.2) is 53.9 Å². The fourth-order valence-corrected chi connectivity index (χ4v) is 13.4. The molecule has 2 aromatic heterocycles. The van der Waals surface area contributed by atoms with Gasteiger partial charge in [0.05, 0.1) is 2.88 Å². The Bertz CT molecular complexity index is 2150. The average Bonchev–Trinajstić information content (AvgIpc) is 3.65. The highest BCUT2D eigenvalue weighted by Crippen LogP contribution is 2.49. The van der Waals surface area contributed by atoms with E-state index in [-0.39, 0.29) is 32.5 Å². The third kappa shape index (κ3) is 9.12. The van der Waals surface area contributed by atoms with Crippen molar-refractivity contribution in [1.82, 2.24) is 0 Å². The lowest BCUT2D eigenvalue weighted by Gasteiger charge is -2.33. The second-order valence-electron chi connectivity index (χ2n) is 21.1. The molecule has 0 fully saturated rings. The zero-order valence-corrected chi connectivity index (χ0v) is 41.4. The fraction of sp³-hybridized carbons (Fsp3) is 0.500. The van der Waals surface area contributed by atoms with E-state index in [1.807, 2.05) is 22.7 Å². The molecule has 0 amide bonds. The lowest BCUT2D eigenvalue weighted by Crippen LogP contribution is -2.30. The van der Waals surface area contributed by atoms with E-state index in [0.717, 1.165) is 0 Å². The van der Waals surface area contributed by atoms with Crippen LogP contribution in [0.3, 0.4) is 0 Å². The van der Waals surface area contributed by atoms with Crippen LogP contribution in [-0.4, -0.2) is 0 Å². The first-order valence-electron chi connectivity index (χ1n) is 19.1. The SMILES string of the molecule is CC(C)(C)c1cc(C(C)(C)C)c(P=c2c(-c3cccs3)c(-c3ccc(I)s3)c2=Pc2c(C(C)(C)C)cc(C(C)(C)C)cc2C(C)(C)C)c(C(C)(C)C)c1. The predicted molar refractivity (Wildman–Crippen MR) is 253 cm³/mol. The monoisotopic (exact) mass is 892 g/mol. The zero-order valence-electron chi connectivity index (χ0n) is 35.8. The first kappa shape index (κ1) is 42.8. The third-order valence-electron chi connectivity index (χ3n) is 10.2. The van der Waals surface area contributed by atoms with Crippen molar-refractivity contribution in [3.63, 3.8) is 0 Å². The van der Waals surface area contributed by atoms with Crippen LogP contribution in [0.25, 0.3) is 20.9 Å². The summed E-state index contributed by atoms with van der Waals surface area (Å²) in [5.41, 5.74) is 11.8. The summed E-state index contributed by atoms with van der Waals surface area (Å²) in [4.78, 5) is 5.75. The van der Waals surface area contributed by atoms with Gasteiger partial charge < -0.3 is 0 Å². The van der Waals surface area contributed by atoms with E-state index < -0.39 is 0 Å². The molecule has 0 nitrogen and oxygen atoms in total.